The maximum absolute atomic E-state index is 8.25. The van der Waals surface area contributed by atoms with E-state index in [-0.39, 0.29) is 37.2 Å². The van der Waals surface area contributed by atoms with E-state index in [0.29, 0.717) is 0 Å². The van der Waals surface area contributed by atoms with E-state index in [4.69, 9.17) is 25.2 Å². The van der Waals surface area contributed by atoms with Gasteiger partial charge in [-0.15, -0.1) is 0 Å². The molecule has 0 radical (unpaired) electrons. The fourth-order valence-corrected chi connectivity index (χ4v) is 0. The Bertz CT molecular complexity index is 64.0. The van der Waals surface area contributed by atoms with Crippen molar-refractivity contribution in [2.24, 2.45) is 0 Å². The molecule has 9 heavy (non-hydrogen) atoms. The van der Waals surface area contributed by atoms with Crippen LogP contribution in [0.4, 0.5) is 0 Å². The van der Waals surface area contributed by atoms with Gasteiger partial charge in [-0.05, 0) is 0 Å². The minimum absolute atomic E-state index is 0. The number of hydrogen-bond acceptors (Lipinski definition) is 5. The molecule has 0 aromatic carbocycles. The van der Waals surface area contributed by atoms with Crippen LogP contribution >= 0.6 is 0 Å². The average molecular weight is 210 g/mol. The summed E-state index contributed by atoms with van der Waals surface area (Å²) in [7, 11) is 0. The van der Waals surface area contributed by atoms with E-state index in [0.717, 1.165) is 0 Å². The fraction of sp³-hybridized carbons (Fsp3) is 0. The van der Waals surface area contributed by atoms with Crippen molar-refractivity contribution in [3.63, 3.8) is 0 Å². The first-order chi connectivity index (χ1) is 3.15. The predicted octanol–water partition coefficient (Wildman–Crippen LogP) is -4.24. The normalized spacial score (nSPS) is 4.00. The molecule has 0 unspecified atom stereocenters. The van der Waals surface area contributed by atoms with E-state index in [1.807, 2.05) is 0 Å². The van der Waals surface area contributed by atoms with E-state index in [9.17, 15) is 0 Å². The standard InChI is InChI=1S/CH2O2.Al.Ga.NO3.6H/c2-1-3;;;2-1(3)4;;;;;;/h1H,(H,2,3);;;;;;;;;/q;;;-1;;;;;;/p-1. The zero-order chi connectivity index (χ0) is 6.28. The molecule has 6 nitrogen and oxygen atoms in total. The topological polar surface area (TPSA) is 106 Å². The molecule has 0 aliphatic carbocycles. The van der Waals surface area contributed by atoms with Crippen molar-refractivity contribution in [3.8, 4) is 0 Å². The summed E-state index contributed by atoms with van der Waals surface area (Å²) in [5.41, 5.74) is 0. The Hall–Kier alpha value is -0.161. The van der Waals surface area contributed by atoms with Gasteiger partial charge in [0.2, 0.25) is 0 Å². The SMILES string of the molecule is O=C[O-].O=[N+]([O-])[O-].[AlH3].[GaH3]. The number of carbonyl (C=O) groups is 1. The van der Waals surface area contributed by atoms with E-state index < -0.39 is 11.6 Å². The van der Waals surface area contributed by atoms with Gasteiger partial charge in [0, 0.05) is 6.47 Å². The third-order valence-electron chi connectivity index (χ3n) is 0. The zero-order valence-corrected chi connectivity index (χ0v) is 3.07. The molecule has 0 heterocycles. The molecule has 0 aromatic heterocycles. The van der Waals surface area contributed by atoms with Crippen LogP contribution in [0.1, 0.15) is 0 Å². The summed E-state index contributed by atoms with van der Waals surface area (Å²) < 4.78 is 0. The van der Waals surface area contributed by atoms with E-state index in [2.05, 4.69) is 0 Å². The van der Waals surface area contributed by atoms with E-state index in [1.54, 1.807) is 0 Å². The van der Waals surface area contributed by atoms with Crippen LogP contribution in [0.25, 0.3) is 0 Å². The van der Waals surface area contributed by atoms with Gasteiger partial charge in [-0.1, -0.05) is 0 Å². The van der Waals surface area contributed by atoms with Gasteiger partial charge < -0.3 is 25.2 Å². The van der Waals surface area contributed by atoms with Gasteiger partial charge in [0.05, 0.1) is 5.09 Å². The number of hydrogen-bond donors (Lipinski definition) is 0. The van der Waals surface area contributed by atoms with Crippen molar-refractivity contribution in [1.82, 2.24) is 0 Å². The first-order valence-electron chi connectivity index (χ1n) is 1.02. The monoisotopic (exact) mass is 209 g/mol. The minimum atomic E-state index is -1.75. The third-order valence-corrected chi connectivity index (χ3v) is 0. The van der Waals surface area contributed by atoms with Crippen molar-refractivity contribution in [3.05, 3.63) is 15.3 Å². The summed E-state index contributed by atoms with van der Waals surface area (Å²) in [5, 5.41) is 23.0. The Balaban J connectivity index is -0.0000000233. The molecule has 0 amide bonds. The summed E-state index contributed by atoms with van der Waals surface area (Å²) in [5.74, 6) is 0. The van der Waals surface area contributed by atoms with Crippen molar-refractivity contribution in [2.75, 3.05) is 0 Å². The molecule has 0 aliphatic heterocycles. The Morgan fingerprint density at radius 2 is 1.33 bits per heavy atom. The number of carbonyl (C=O) groups excluding carboxylic acids is 1. The summed E-state index contributed by atoms with van der Waals surface area (Å²) in [4.78, 5) is 16.5. The first kappa shape index (κ1) is 23.2. The zero-order valence-electron chi connectivity index (χ0n) is 3.07. The molecular formula is CH7AlGaNO5-2. The molecule has 0 saturated carbocycles. The van der Waals surface area contributed by atoms with E-state index >= 15 is 0 Å². The molecule has 0 fully saturated rings. The Morgan fingerprint density at radius 3 is 1.33 bits per heavy atom. The van der Waals surface area contributed by atoms with Crippen LogP contribution in [0, 0.1) is 15.3 Å². The maximum atomic E-state index is 8.25. The van der Waals surface area contributed by atoms with Crippen LogP contribution in [0.15, 0.2) is 0 Å². The van der Waals surface area contributed by atoms with Crippen molar-refractivity contribution in [2.45, 2.75) is 0 Å². The van der Waals surface area contributed by atoms with Crippen LogP contribution < -0.4 is 5.11 Å². The Morgan fingerprint density at radius 1 is 1.33 bits per heavy atom. The quantitative estimate of drug-likeness (QED) is 0.174. The van der Waals surface area contributed by atoms with Gasteiger partial charge in [0.1, 0.15) is 0 Å². The summed E-state index contributed by atoms with van der Waals surface area (Å²) >= 11 is 0. The molecule has 0 saturated heterocycles. The predicted molar refractivity (Wildman–Crippen MR) is 36.3 cm³/mol. The molecule has 8 heteroatoms. The van der Waals surface area contributed by atoms with Crippen molar-refractivity contribution >= 4 is 43.6 Å². The van der Waals surface area contributed by atoms with Crippen LogP contribution in [0.2, 0.25) is 0 Å². The summed E-state index contributed by atoms with van der Waals surface area (Å²) in [6, 6.07) is 0. The second-order valence-corrected chi connectivity index (χ2v) is 0.320. The first-order valence-corrected chi connectivity index (χ1v) is 1.02. The third kappa shape index (κ3) is 10300. The Kier molecular flexibility index (Phi) is 64.1. The van der Waals surface area contributed by atoms with Crippen LogP contribution in [-0.4, -0.2) is 48.7 Å². The van der Waals surface area contributed by atoms with Gasteiger partial charge in [0.25, 0.3) is 0 Å². The molecule has 0 atom stereocenters. The van der Waals surface area contributed by atoms with Crippen molar-refractivity contribution in [1.29, 1.82) is 0 Å². The van der Waals surface area contributed by atoms with E-state index in [1.165, 1.54) is 0 Å². The number of rotatable bonds is 0. The molecule has 54 valence electrons. The molecule has 0 spiro atoms. The number of carboxylic acid groups (broad SMARTS) is 1. The van der Waals surface area contributed by atoms with Gasteiger partial charge in [0.15, 0.2) is 17.4 Å². The second kappa shape index (κ2) is 24.9. The van der Waals surface area contributed by atoms with Crippen molar-refractivity contribution < 1.29 is 15.0 Å². The second-order valence-electron chi connectivity index (χ2n) is 0.320. The molecular weight excluding hydrogens is 203 g/mol. The molecule has 0 aliphatic rings. The fourth-order valence-electron chi connectivity index (χ4n) is 0. The summed E-state index contributed by atoms with van der Waals surface area (Å²) in [6.07, 6.45) is 0. The summed E-state index contributed by atoms with van der Waals surface area (Å²) in [6.45, 7) is -0.500. The Labute approximate surface area is 74.2 Å². The number of nitrogens with zero attached hydrogens (tertiary/aromatic N) is 1. The molecule has 0 bridgehead atoms. The van der Waals surface area contributed by atoms with Gasteiger partial charge in [-0.25, -0.2) is 0 Å². The van der Waals surface area contributed by atoms with Crippen LogP contribution in [-0.2, 0) is 4.79 Å². The van der Waals surface area contributed by atoms with Crippen LogP contribution in [0.5, 0.6) is 0 Å². The average Bonchev–Trinajstić information content (AvgIpc) is 1.33. The molecule has 0 aromatic rings. The van der Waals surface area contributed by atoms with Crippen LogP contribution in [0.3, 0.4) is 0 Å². The molecule has 0 N–H and O–H groups in total. The van der Waals surface area contributed by atoms with Gasteiger partial charge in [-0.2, -0.15) is 0 Å². The van der Waals surface area contributed by atoms with Gasteiger partial charge in [-0.3, -0.25) is 0 Å². The molecule has 0 rings (SSSR count). The van der Waals surface area contributed by atoms with Gasteiger partial charge >= 0.3 is 19.8 Å².